The second-order valence-corrected chi connectivity index (χ2v) is 5.10. The summed E-state index contributed by atoms with van der Waals surface area (Å²) in [5, 5.41) is 11.9. The highest BCUT2D eigenvalue weighted by Crippen LogP contribution is 2.13. The van der Waals surface area contributed by atoms with Crippen LogP contribution in [0.1, 0.15) is 47.5 Å². The Morgan fingerprint density at radius 1 is 1.33 bits per heavy atom. The highest BCUT2D eigenvalue weighted by Gasteiger charge is 2.27. The zero-order chi connectivity index (χ0) is 12.1. The first-order chi connectivity index (χ1) is 6.72. The van der Waals surface area contributed by atoms with Crippen molar-refractivity contribution in [2.24, 2.45) is 0 Å². The van der Waals surface area contributed by atoms with E-state index in [0.29, 0.717) is 0 Å². The maximum atomic E-state index is 11.5. The molecule has 0 aliphatic rings. The molecule has 0 aliphatic heterocycles. The molecule has 0 saturated carbocycles. The molecule has 1 atom stereocenters. The van der Waals surface area contributed by atoms with Crippen LogP contribution < -0.4 is 5.32 Å². The molecule has 4 nitrogen and oxygen atoms in total. The first-order valence-corrected chi connectivity index (χ1v) is 5.34. The van der Waals surface area contributed by atoms with E-state index in [4.69, 9.17) is 4.74 Å². The third kappa shape index (κ3) is 6.33. The first-order valence-electron chi connectivity index (χ1n) is 5.34. The quantitative estimate of drug-likeness (QED) is 0.757. The van der Waals surface area contributed by atoms with Gasteiger partial charge in [-0.05, 0) is 34.1 Å². The van der Waals surface area contributed by atoms with Gasteiger partial charge < -0.3 is 15.2 Å². The number of hydrogen-bond donors (Lipinski definition) is 2. The number of alkyl carbamates (subject to hydrolysis) is 1. The van der Waals surface area contributed by atoms with Gasteiger partial charge in [0.25, 0.3) is 0 Å². The summed E-state index contributed by atoms with van der Waals surface area (Å²) in [4.78, 5) is 11.5. The van der Waals surface area contributed by atoms with Crippen LogP contribution in [-0.2, 0) is 4.74 Å². The standard InChI is InChI=1S/C11H23NO3/c1-6-7-11(5,8-13)12-9(14)15-10(2,3)4/h13H,6-8H2,1-5H3,(H,12,14)/t11-/m1/s1. The summed E-state index contributed by atoms with van der Waals surface area (Å²) in [5.74, 6) is 0. The maximum Gasteiger partial charge on any atom is 0.408 e. The van der Waals surface area contributed by atoms with Gasteiger partial charge in [0.05, 0.1) is 12.1 Å². The van der Waals surface area contributed by atoms with Crippen molar-refractivity contribution in [3.05, 3.63) is 0 Å². The van der Waals surface area contributed by atoms with Gasteiger partial charge in [0, 0.05) is 0 Å². The van der Waals surface area contributed by atoms with Crippen LogP contribution in [0.4, 0.5) is 4.79 Å². The van der Waals surface area contributed by atoms with Gasteiger partial charge in [-0.3, -0.25) is 0 Å². The predicted octanol–water partition coefficient (Wildman–Crippen LogP) is 2.06. The predicted molar refractivity (Wildman–Crippen MR) is 59.8 cm³/mol. The van der Waals surface area contributed by atoms with Crippen LogP contribution >= 0.6 is 0 Å². The van der Waals surface area contributed by atoms with Crippen LogP contribution in [0.5, 0.6) is 0 Å². The van der Waals surface area contributed by atoms with Gasteiger partial charge in [0.15, 0.2) is 0 Å². The molecule has 0 aliphatic carbocycles. The van der Waals surface area contributed by atoms with Gasteiger partial charge in [0.2, 0.25) is 0 Å². The maximum absolute atomic E-state index is 11.5. The van der Waals surface area contributed by atoms with Crippen molar-refractivity contribution in [3.8, 4) is 0 Å². The van der Waals surface area contributed by atoms with Gasteiger partial charge in [0.1, 0.15) is 5.60 Å². The molecule has 0 bridgehead atoms. The molecule has 0 aromatic carbocycles. The number of carbonyl (C=O) groups excluding carboxylic acids is 1. The number of aliphatic hydroxyl groups is 1. The van der Waals surface area contributed by atoms with Gasteiger partial charge in [-0.15, -0.1) is 0 Å². The monoisotopic (exact) mass is 217 g/mol. The van der Waals surface area contributed by atoms with E-state index in [9.17, 15) is 9.90 Å². The number of ether oxygens (including phenoxy) is 1. The zero-order valence-corrected chi connectivity index (χ0v) is 10.4. The lowest BCUT2D eigenvalue weighted by molar-refractivity contribution is 0.0406. The number of amides is 1. The molecule has 0 rings (SSSR count). The molecule has 15 heavy (non-hydrogen) atoms. The molecule has 0 saturated heterocycles. The molecule has 4 heteroatoms. The van der Waals surface area contributed by atoms with Crippen molar-refractivity contribution in [2.75, 3.05) is 6.61 Å². The fourth-order valence-corrected chi connectivity index (χ4v) is 1.28. The van der Waals surface area contributed by atoms with Crippen LogP contribution in [0, 0.1) is 0 Å². The molecule has 0 aromatic rings. The fraction of sp³-hybridized carbons (Fsp3) is 0.909. The molecular weight excluding hydrogens is 194 g/mol. The van der Waals surface area contributed by atoms with Gasteiger partial charge >= 0.3 is 6.09 Å². The van der Waals surface area contributed by atoms with E-state index in [0.717, 1.165) is 12.8 Å². The molecule has 90 valence electrons. The van der Waals surface area contributed by atoms with Crippen molar-refractivity contribution in [1.82, 2.24) is 5.32 Å². The Labute approximate surface area is 92.0 Å². The van der Waals surface area contributed by atoms with Gasteiger partial charge in [-0.1, -0.05) is 13.3 Å². The largest absolute Gasteiger partial charge is 0.444 e. The Morgan fingerprint density at radius 2 is 1.87 bits per heavy atom. The molecule has 0 heterocycles. The SMILES string of the molecule is CCC[C@](C)(CO)NC(=O)OC(C)(C)C. The summed E-state index contributed by atoms with van der Waals surface area (Å²) in [6.45, 7) is 9.15. The summed E-state index contributed by atoms with van der Waals surface area (Å²) in [7, 11) is 0. The molecule has 2 N–H and O–H groups in total. The van der Waals surface area contributed by atoms with E-state index in [1.807, 2.05) is 27.7 Å². The first kappa shape index (κ1) is 14.2. The minimum absolute atomic E-state index is 0.0833. The third-order valence-corrected chi connectivity index (χ3v) is 1.95. The lowest BCUT2D eigenvalue weighted by Crippen LogP contribution is -2.50. The molecule has 0 fully saturated rings. The summed E-state index contributed by atoms with van der Waals surface area (Å²) in [6.07, 6.45) is 1.14. The van der Waals surface area contributed by atoms with E-state index in [2.05, 4.69) is 5.32 Å². The summed E-state index contributed by atoms with van der Waals surface area (Å²) < 4.78 is 5.12. The summed E-state index contributed by atoms with van der Waals surface area (Å²) in [5.41, 5.74) is -1.09. The summed E-state index contributed by atoms with van der Waals surface area (Å²) >= 11 is 0. The van der Waals surface area contributed by atoms with Gasteiger partial charge in [-0.2, -0.15) is 0 Å². The second kappa shape index (κ2) is 5.35. The highest BCUT2D eigenvalue weighted by atomic mass is 16.6. The minimum Gasteiger partial charge on any atom is -0.444 e. The Hall–Kier alpha value is -0.770. The molecule has 0 aromatic heterocycles. The van der Waals surface area contributed by atoms with Crippen molar-refractivity contribution in [3.63, 3.8) is 0 Å². The van der Waals surface area contributed by atoms with E-state index in [1.54, 1.807) is 6.92 Å². The smallest absolute Gasteiger partial charge is 0.408 e. The van der Waals surface area contributed by atoms with E-state index < -0.39 is 17.2 Å². The Balaban J connectivity index is 4.24. The lowest BCUT2D eigenvalue weighted by Gasteiger charge is -2.30. The van der Waals surface area contributed by atoms with Crippen molar-refractivity contribution in [2.45, 2.75) is 58.6 Å². The molecular formula is C11H23NO3. The lowest BCUT2D eigenvalue weighted by atomic mass is 9.98. The highest BCUT2D eigenvalue weighted by molar-refractivity contribution is 5.68. The third-order valence-electron chi connectivity index (χ3n) is 1.95. The normalized spacial score (nSPS) is 15.6. The van der Waals surface area contributed by atoms with E-state index >= 15 is 0 Å². The van der Waals surface area contributed by atoms with E-state index in [1.165, 1.54) is 0 Å². The van der Waals surface area contributed by atoms with Crippen LogP contribution in [0.25, 0.3) is 0 Å². The number of hydrogen-bond acceptors (Lipinski definition) is 3. The van der Waals surface area contributed by atoms with Crippen molar-refractivity contribution >= 4 is 6.09 Å². The molecule has 1 amide bonds. The number of nitrogens with one attached hydrogen (secondary N) is 1. The fourth-order valence-electron chi connectivity index (χ4n) is 1.28. The van der Waals surface area contributed by atoms with Crippen LogP contribution in [0.15, 0.2) is 0 Å². The topological polar surface area (TPSA) is 58.6 Å². The molecule has 0 spiro atoms. The minimum atomic E-state index is -0.586. The Morgan fingerprint density at radius 3 is 2.20 bits per heavy atom. The van der Waals surface area contributed by atoms with Crippen LogP contribution in [-0.4, -0.2) is 28.9 Å². The van der Waals surface area contributed by atoms with Crippen LogP contribution in [0.2, 0.25) is 0 Å². The van der Waals surface area contributed by atoms with Crippen molar-refractivity contribution < 1.29 is 14.6 Å². The summed E-state index contributed by atoms with van der Waals surface area (Å²) in [6, 6.07) is 0. The Bertz CT molecular complexity index is 210. The van der Waals surface area contributed by atoms with Crippen molar-refractivity contribution in [1.29, 1.82) is 0 Å². The average molecular weight is 217 g/mol. The number of rotatable bonds is 4. The molecule has 0 unspecified atom stereocenters. The van der Waals surface area contributed by atoms with Gasteiger partial charge in [-0.25, -0.2) is 4.79 Å². The average Bonchev–Trinajstić information content (AvgIpc) is 2.00. The molecule has 0 radical (unpaired) electrons. The van der Waals surface area contributed by atoms with Crippen LogP contribution in [0.3, 0.4) is 0 Å². The number of aliphatic hydroxyl groups excluding tert-OH is 1. The Kier molecular flexibility index (Phi) is 5.08. The van der Waals surface area contributed by atoms with E-state index in [-0.39, 0.29) is 6.61 Å². The second-order valence-electron chi connectivity index (χ2n) is 5.10. The number of carbonyl (C=O) groups is 1. The zero-order valence-electron chi connectivity index (χ0n) is 10.4.